The molecule has 0 radical (unpaired) electrons. The van der Waals surface area contributed by atoms with Crippen molar-refractivity contribution in [3.8, 4) is 0 Å². The van der Waals surface area contributed by atoms with Crippen molar-refractivity contribution in [1.82, 2.24) is 0 Å². The number of rotatable bonds is 1. The minimum absolute atomic E-state index is 0.196. The summed E-state index contributed by atoms with van der Waals surface area (Å²) in [7, 11) is 0. The van der Waals surface area contributed by atoms with Crippen LogP contribution in [0.25, 0.3) is 0 Å². The monoisotopic (exact) mass is 198 g/mol. The van der Waals surface area contributed by atoms with Gasteiger partial charge in [-0.1, -0.05) is 20.4 Å². The molecule has 2 fully saturated rings. The van der Waals surface area contributed by atoms with Crippen LogP contribution in [0.3, 0.4) is 0 Å². The summed E-state index contributed by atoms with van der Waals surface area (Å²) in [5, 5.41) is 9.82. The number of fused-ring (bicyclic) bond motifs is 1. The van der Waals surface area contributed by atoms with Gasteiger partial charge in [-0.25, -0.2) is 4.79 Å². The molecule has 0 bridgehead atoms. The first kappa shape index (κ1) is 9.68. The van der Waals surface area contributed by atoms with Crippen LogP contribution in [0.15, 0.2) is 12.2 Å². The van der Waals surface area contributed by atoms with Gasteiger partial charge in [0.1, 0.15) is 12.2 Å². The third kappa shape index (κ3) is 1.18. The molecule has 1 N–H and O–H groups in total. The Hall–Kier alpha value is -0.870. The lowest BCUT2D eigenvalue weighted by molar-refractivity contribution is -0.143. The second-order valence-electron chi connectivity index (χ2n) is 4.15. The Morgan fingerprint density at radius 2 is 2.14 bits per heavy atom. The van der Waals surface area contributed by atoms with Crippen molar-refractivity contribution < 1.29 is 19.4 Å². The normalized spacial score (nSPS) is 41.7. The summed E-state index contributed by atoms with van der Waals surface area (Å²) >= 11 is 0. The van der Waals surface area contributed by atoms with Crippen LogP contribution in [0.5, 0.6) is 0 Å². The number of ether oxygens (including phenoxy) is 2. The van der Waals surface area contributed by atoms with Gasteiger partial charge in [0.05, 0.1) is 11.7 Å². The van der Waals surface area contributed by atoms with Gasteiger partial charge >= 0.3 is 5.97 Å². The summed E-state index contributed by atoms with van der Waals surface area (Å²) in [6.07, 6.45) is -2.01. The zero-order valence-corrected chi connectivity index (χ0v) is 8.27. The molecule has 0 saturated carbocycles. The van der Waals surface area contributed by atoms with E-state index in [4.69, 9.17) is 9.47 Å². The molecule has 2 heterocycles. The molecule has 4 heteroatoms. The molecule has 4 nitrogen and oxygen atoms in total. The Labute approximate surface area is 82.5 Å². The lowest BCUT2D eigenvalue weighted by Crippen LogP contribution is -2.34. The van der Waals surface area contributed by atoms with E-state index in [0.29, 0.717) is 5.57 Å². The fourth-order valence-electron chi connectivity index (χ4n) is 1.97. The second-order valence-corrected chi connectivity index (χ2v) is 4.15. The lowest BCUT2D eigenvalue weighted by Gasteiger charge is -2.19. The summed E-state index contributed by atoms with van der Waals surface area (Å²) in [6.45, 7) is 7.51. The SMILES string of the molecule is C=C1C(=O)OC2C(O)[C@H](C(C)C)O[C@H]12. The molecule has 4 atom stereocenters. The average molecular weight is 198 g/mol. The first-order chi connectivity index (χ1) is 6.52. The smallest absolute Gasteiger partial charge is 0.336 e. The van der Waals surface area contributed by atoms with Gasteiger partial charge in [0, 0.05) is 0 Å². The molecule has 2 aliphatic heterocycles. The van der Waals surface area contributed by atoms with E-state index in [1.807, 2.05) is 13.8 Å². The van der Waals surface area contributed by atoms with Crippen LogP contribution < -0.4 is 0 Å². The molecule has 0 aromatic rings. The third-order valence-electron chi connectivity index (χ3n) is 2.78. The van der Waals surface area contributed by atoms with E-state index in [1.54, 1.807) is 0 Å². The summed E-state index contributed by atoms with van der Waals surface area (Å²) in [4.78, 5) is 11.1. The molecule has 2 rings (SSSR count). The molecule has 2 saturated heterocycles. The van der Waals surface area contributed by atoms with Crippen LogP contribution in [0.2, 0.25) is 0 Å². The number of carbonyl (C=O) groups excluding carboxylic acids is 1. The molecule has 2 aliphatic rings. The first-order valence-corrected chi connectivity index (χ1v) is 4.75. The van der Waals surface area contributed by atoms with Crippen LogP contribution in [-0.2, 0) is 14.3 Å². The van der Waals surface area contributed by atoms with Gasteiger partial charge in [-0.05, 0) is 5.92 Å². The Balaban J connectivity index is 2.19. The van der Waals surface area contributed by atoms with E-state index in [-0.39, 0.29) is 12.0 Å². The third-order valence-corrected chi connectivity index (χ3v) is 2.78. The van der Waals surface area contributed by atoms with Gasteiger partial charge < -0.3 is 14.6 Å². The van der Waals surface area contributed by atoms with Crippen molar-refractivity contribution in [1.29, 1.82) is 0 Å². The zero-order valence-electron chi connectivity index (χ0n) is 8.27. The number of aliphatic hydroxyl groups excluding tert-OH is 1. The molecule has 2 unspecified atom stereocenters. The maximum atomic E-state index is 11.1. The van der Waals surface area contributed by atoms with E-state index in [2.05, 4.69) is 6.58 Å². The molecule has 0 amide bonds. The van der Waals surface area contributed by atoms with Crippen molar-refractivity contribution in [3.05, 3.63) is 12.2 Å². The first-order valence-electron chi connectivity index (χ1n) is 4.75. The molecule has 78 valence electrons. The van der Waals surface area contributed by atoms with E-state index >= 15 is 0 Å². The number of esters is 1. The number of hydrogen-bond acceptors (Lipinski definition) is 4. The van der Waals surface area contributed by atoms with Crippen LogP contribution in [0.1, 0.15) is 13.8 Å². The van der Waals surface area contributed by atoms with Crippen LogP contribution in [0.4, 0.5) is 0 Å². The van der Waals surface area contributed by atoms with Gasteiger partial charge in [-0.3, -0.25) is 0 Å². The predicted molar refractivity (Wildman–Crippen MR) is 48.5 cm³/mol. The standard InChI is InChI=1S/C10H14O4/c1-4(2)7-6(11)9-8(13-7)5(3)10(12)14-9/h4,6-9,11H,3H2,1-2H3/t6?,7-,8+,9?/m0/s1. The minimum Gasteiger partial charge on any atom is -0.453 e. The predicted octanol–water partition coefficient (Wildman–Crippen LogP) is 0.252. The molecule has 0 aromatic heterocycles. The van der Waals surface area contributed by atoms with Crippen molar-refractivity contribution in [3.63, 3.8) is 0 Å². The highest BCUT2D eigenvalue weighted by Crippen LogP contribution is 2.36. The van der Waals surface area contributed by atoms with Gasteiger partial charge in [-0.2, -0.15) is 0 Å². The van der Waals surface area contributed by atoms with E-state index < -0.39 is 24.3 Å². The molecule has 0 aliphatic carbocycles. The van der Waals surface area contributed by atoms with Crippen LogP contribution in [0, 0.1) is 5.92 Å². The van der Waals surface area contributed by atoms with Crippen LogP contribution in [-0.4, -0.2) is 35.5 Å². The number of hydrogen-bond donors (Lipinski definition) is 1. The van der Waals surface area contributed by atoms with E-state index in [1.165, 1.54) is 0 Å². The van der Waals surface area contributed by atoms with Crippen molar-refractivity contribution in [2.24, 2.45) is 5.92 Å². The average Bonchev–Trinajstić information content (AvgIpc) is 2.56. The summed E-state index contributed by atoms with van der Waals surface area (Å²) in [5.74, 6) is -0.261. The fourth-order valence-corrected chi connectivity index (χ4v) is 1.97. The quantitative estimate of drug-likeness (QED) is 0.485. The zero-order chi connectivity index (χ0) is 10.5. The Kier molecular flexibility index (Phi) is 2.12. The van der Waals surface area contributed by atoms with E-state index in [0.717, 1.165) is 0 Å². The molecule has 0 spiro atoms. The lowest BCUT2D eigenvalue weighted by atomic mass is 9.99. The van der Waals surface area contributed by atoms with Crippen molar-refractivity contribution in [2.75, 3.05) is 0 Å². The van der Waals surface area contributed by atoms with Gasteiger partial charge in [0.15, 0.2) is 6.10 Å². The highest BCUT2D eigenvalue weighted by Gasteiger charge is 2.53. The Bertz CT molecular complexity index is 284. The Morgan fingerprint density at radius 3 is 2.64 bits per heavy atom. The second kappa shape index (κ2) is 3.07. The number of carbonyl (C=O) groups is 1. The van der Waals surface area contributed by atoms with Gasteiger partial charge in [0.2, 0.25) is 0 Å². The molecule has 0 aromatic carbocycles. The van der Waals surface area contributed by atoms with Gasteiger partial charge in [0.25, 0.3) is 0 Å². The van der Waals surface area contributed by atoms with E-state index in [9.17, 15) is 9.90 Å². The fraction of sp³-hybridized carbons (Fsp3) is 0.700. The highest BCUT2D eigenvalue weighted by molar-refractivity contribution is 5.91. The maximum absolute atomic E-state index is 11.1. The highest BCUT2D eigenvalue weighted by atomic mass is 16.6. The topological polar surface area (TPSA) is 55.8 Å². The van der Waals surface area contributed by atoms with Crippen molar-refractivity contribution >= 4 is 5.97 Å². The summed E-state index contributed by atoms with van der Waals surface area (Å²) in [5.41, 5.74) is 0.317. The van der Waals surface area contributed by atoms with Gasteiger partial charge in [-0.15, -0.1) is 0 Å². The van der Waals surface area contributed by atoms with Crippen molar-refractivity contribution in [2.45, 2.75) is 38.3 Å². The summed E-state index contributed by atoms with van der Waals surface area (Å²) < 4.78 is 10.5. The molecule has 14 heavy (non-hydrogen) atoms. The maximum Gasteiger partial charge on any atom is 0.336 e. The molecular weight excluding hydrogens is 184 g/mol. The van der Waals surface area contributed by atoms with Crippen LogP contribution >= 0.6 is 0 Å². The largest absolute Gasteiger partial charge is 0.453 e. The molecular formula is C10H14O4. The number of aliphatic hydroxyl groups is 1. The summed E-state index contributed by atoms with van der Waals surface area (Å²) in [6, 6.07) is 0. The minimum atomic E-state index is -0.733. The Morgan fingerprint density at radius 1 is 1.50 bits per heavy atom.